The Balaban J connectivity index is 0.000000184. The van der Waals surface area contributed by atoms with Crippen molar-refractivity contribution in [2.24, 2.45) is 0 Å². The fourth-order valence-corrected chi connectivity index (χ4v) is 13.0. The number of nitrogens with one attached hydrogen (secondary N) is 1. The summed E-state index contributed by atoms with van der Waals surface area (Å²) in [5.74, 6) is 1.92. The van der Waals surface area contributed by atoms with E-state index in [1.54, 1.807) is 56.4 Å². The number of carbonyl (C=O) groups is 9. The molecule has 0 unspecified atom stereocenters. The highest BCUT2D eigenvalue weighted by Crippen LogP contribution is 2.33. The molecular formula is C89H92BrClF2IN11O16. The van der Waals surface area contributed by atoms with Gasteiger partial charge in [-0.2, -0.15) is 0 Å². The number of amides is 7. The Bertz CT molecular complexity index is 5130. The van der Waals surface area contributed by atoms with E-state index in [1.807, 2.05) is 140 Å². The number of piperidine rings is 2. The Kier molecular flexibility index (Phi) is 37.2. The number of nitrogens with zero attached hydrogens (tertiary/aromatic N) is 8. The van der Waals surface area contributed by atoms with Crippen LogP contribution in [0.2, 0.25) is 0 Å². The number of rotatable bonds is 19. The number of nitrogen functional groups attached to an aromatic ring is 2. The van der Waals surface area contributed by atoms with Gasteiger partial charge in [0, 0.05) is 84.1 Å². The van der Waals surface area contributed by atoms with E-state index >= 15 is 0 Å². The van der Waals surface area contributed by atoms with Gasteiger partial charge in [0.2, 0.25) is 41.4 Å². The van der Waals surface area contributed by atoms with Crippen LogP contribution in [-0.4, -0.2) is 143 Å². The third kappa shape index (κ3) is 29.2. The van der Waals surface area contributed by atoms with E-state index < -0.39 is 23.6 Å². The largest absolute Gasteiger partial charge is 0.497 e. The van der Waals surface area contributed by atoms with Crippen LogP contribution in [0.15, 0.2) is 203 Å². The number of methoxy groups -OCH3 is 7. The second-order valence-electron chi connectivity index (χ2n) is 26.9. The summed E-state index contributed by atoms with van der Waals surface area (Å²) in [6.45, 7) is 2.04. The highest BCUT2D eigenvalue weighted by Gasteiger charge is 2.27. The zero-order chi connectivity index (χ0) is 87.5. The minimum Gasteiger partial charge on any atom is -0.497 e. The number of anilines is 2. The Hall–Kier alpha value is -12.5. The average Bonchev–Trinajstić information content (AvgIpc) is 0.794. The maximum absolute atomic E-state index is 14.5. The van der Waals surface area contributed by atoms with Crippen LogP contribution in [0.4, 0.5) is 20.4 Å². The average molecular weight is 1850 g/mol. The van der Waals surface area contributed by atoms with Crippen LogP contribution >= 0.6 is 50.1 Å². The highest BCUT2D eigenvalue weighted by atomic mass is 127. The minimum atomic E-state index is -0.772. The third-order valence-corrected chi connectivity index (χ3v) is 20.1. The molecule has 14 rings (SSSR count). The molecule has 634 valence electrons. The van der Waals surface area contributed by atoms with Crippen LogP contribution in [0.5, 0.6) is 28.7 Å². The van der Waals surface area contributed by atoms with Gasteiger partial charge in [-0.3, -0.25) is 43.8 Å². The molecule has 0 atom stereocenters. The molecule has 5 aliphatic rings. The topological polar surface area (TPSA) is 347 Å². The molecule has 0 bridgehead atoms. The summed E-state index contributed by atoms with van der Waals surface area (Å²) in [7, 11) is 10.5. The molecule has 5 aliphatic heterocycles. The van der Waals surface area contributed by atoms with E-state index in [0.29, 0.717) is 123 Å². The first-order valence-electron chi connectivity index (χ1n) is 37.9. The number of carbonyl (C=O) groups excluding carboxylic acids is 9. The van der Waals surface area contributed by atoms with Crippen molar-refractivity contribution < 1.29 is 85.1 Å². The smallest absolute Gasteiger partial charge is 0.340 e. The summed E-state index contributed by atoms with van der Waals surface area (Å²) in [5, 5.41) is 2.20. The zero-order valence-corrected chi connectivity index (χ0v) is 72.1. The lowest BCUT2D eigenvalue weighted by atomic mass is 10.0. The number of halogens is 5. The number of allylic oxidation sites excluding steroid dienone is 3. The molecule has 2 aromatic heterocycles. The van der Waals surface area contributed by atoms with Crippen LogP contribution < -0.4 is 40.5 Å². The van der Waals surface area contributed by atoms with Crippen LogP contribution in [0.1, 0.15) is 131 Å². The fourth-order valence-electron chi connectivity index (χ4n) is 11.9. The summed E-state index contributed by atoms with van der Waals surface area (Å²) >= 11 is 11.0. The maximum Gasteiger partial charge on any atom is 0.340 e. The Morgan fingerprint density at radius 1 is 0.463 bits per heavy atom. The molecule has 7 amide bonds. The molecule has 27 nitrogen and oxygen atoms in total. The van der Waals surface area contributed by atoms with Gasteiger partial charge < -0.3 is 59.3 Å². The van der Waals surface area contributed by atoms with Crippen molar-refractivity contribution in [2.75, 3.05) is 61.2 Å². The molecule has 5 N–H and O–H groups in total. The molecule has 0 aliphatic carbocycles. The van der Waals surface area contributed by atoms with Crippen LogP contribution in [0.25, 0.3) is 28.1 Å². The van der Waals surface area contributed by atoms with E-state index in [9.17, 15) is 51.9 Å². The lowest BCUT2D eigenvalue weighted by molar-refractivity contribution is -0.149. The summed E-state index contributed by atoms with van der Waals surface area (Å²) in [4.78, 5) is 126. The highest BCUT2D eigenvalue weighted by molar-refractivity contribution is 14.1. The van der Waals surface area contributed by atoms with Gasteiger partial charge in [-0.05, 0) is 189 Å². The Labute approximate surface area is 726 Å². The van der Waals surface area contributed by atoms with E-state index in [-0.39, 0.29) is 69.8 Å². The first-order chi connectivity index (χ1) is 58.2. The third-order valence-electron chi connectivity index (χ3n) is 18.6. The van der Waals surface area contributed by atoms with Gasteiger partial charge in [0.1, 0.15) is 68.0 Å². The fraction of sp³-hybridized carbons (Fsp3) is 0.270. The molecule has 7 heterocycles. The maximum atomic E-state index is 14.5. The molecule has 0 saturated carbocycles. The van der Waals surface area contributed by atoms with Crippen molar-refractivity contribution in [1.29, 1.82) is 0 Å². The SMILES string of the molecule is COC(=O)c1ccc(-c2nc(Br)cnc2N)cc1F.COC(=O)c1ccc(-c2nc(C3=CN(Cc4ccc(OC)cc4)C(=O)CC3)cnc2N)cc1F.COc1ccc(CCl)cc1.COc1ccc(CN2C(=O)CCCC2=O)cc1.COc1ccc(CN2C=C(I)CCC2=O)cc1.COc1ccc(CN2C=CCCC2=O)cc1.O=C1CCCC(=O)N1. The van der Waals surface area contributed by atoms with Gasteiger partial charge in [0.05, 0.1) is 105 Å². The molecule has 0 radical (unpaired) electrons. The van der Waals surface area contributed by atoms with Crippen LogP contribution in [-0.2, 0) is 75.1 Å². The summed E-state index contributed by atoms with van der Waals surface area (Å²) < 4.78 is 64.4. The predicted molar refractivity (Wildman–Crippen MR) is 464 cm³/mol. The van der Waals surface area contributed by atoms with E-state index in [0.717, 1.165) is 75.0 Å². The Morgan fingerprint density at radius 3 is 1.26 bits per heavy atom. The number of imide groups is 2. The van der Waals surface area contributed by atoms with Gasteiger partial charge in [-0.15, -0.1) is 11.6 Å². The lowest BCUT2D eigenvalue weighted by Gasteiger charge is -2.25. The standard InChI is InChI=1S/C25H23FN4O4.C13H14INO2.C13H15NO3.C13H15NO2.C12H9BrFN3O2.C8H9ClO.C5H7NO2/c1-33-18-7-3-15(4-8-18)13-30-14-17(6-10-22(30)31)21-12-28-24(27)23(29-21)16-5-9-19(20(26)11-16)25(32)34-2;1-17-12-5-2-10(3-6-12)8-15-9-11(14)4-7-13(15)16;1-17-11-7-5-10(6-8-11)9-14-12(15)3-2-4-13(14)16;1-16-12-7-5-11(6-8-12)10-14-9-3-2-4-13(14)15;1-19-12(18)7-3-2-6(4-8(7)14)10-11(15)16-5-9(13)17-10;1-10-8-4-2-7(6-9)3-5-8;7-4-2-1-3-5(8)6-4/h3-5,7-9,11-12,14H,6,10,13H2,1-2H3,(H2,27,28);2-3,5-6,9H,4,7-8H2,1H3;5-8H,2-4,9H2,1H3;3,5-9H,2,4,10H2,1H3;2-5H,1H3,(H2,15,16);2-5H,6H2,1H3;1-3H2,(H,6,7,8). The summed E-state index contributed by atoms with van der Waals surface area (Å²) in [5.41, 5.74) is 19.4. The molecule has 7 aromatic carbocycles. The predicted octanol–water partition coefficient (Wildman–Crippen LogP) is 15.6. The van der Waals surface area contributed by atoms with Gasteiger partial charge in [0.15, 0.2) is 0 Å². The van der Waals surface area contributed by atoms with Gasteiger partial charge in [-0.1, -0.05) is 78.9 Å². The van der Waals surface area contributed by atoms with Gasteiger partial charge in [-0.25, -0.2) is 38.3 Å². The first-order valence-corrected chi connectivity index (χ1v) is 40.3. The minimum absolute atomic E-state index is 0.00339. The van der Waals surface area contributed by atoms with Crippen molar-refractivity contribution in [3.8, 4) is 51.3 Å². The number of hydrogen-bond acceptors (Lipinski definition) is 22. The van der Waals surface area contributed by atoms with Crippen molar-refractivity contribution in [3.63, 3.8) is 0 Å². The van der Waals surface area contributed by atoms with Crippen LogP contribution in [0.3, 0.4) is 0 Å². The molecule has 121 heavy (non-hydrogen) atoms. The van der Waals surface area contributed by atoms with E-state index in [4.69, 9.17) is 46.8 Å². The van der Waals surface area contributed by atoms with Crippen molar-refractivity contribution >= 4 is 121 Å². The quantitative estimate of drug-likeness (QED) is 0.0293. The molecular weight excluding hydrogens is 1760 g/mol. The van der Waals surface area contributed by atoms with Gasteiger partial charge >= 0.3 is 11.9 Å². The number of likely N-dealkylation sites (tertiary alicyclic amines) is 1. The normalized spacial score (nSPS) is 14.0. The number of hydrogen-bond donors (Lipinski definition) is 3. The lowest BCUT2D eigenvalue weighted by Crippen LogP contribution is -2.39. The number of esters is 2. The molecule has 32 heteroatoms. The molecule has 0 spiro atoms. The summed E-state index contributed by atoms with van der Waals surface area (Å²) in [6, 6.07) is 46.2. The number of aromatic nitrogens is 4. The molecule has 2 fully saturated rings. The number of alkyl halides is 1. The van der Waals surface area contributed by atoms with Crippen LogP contribution in [0, 0.1) is 11.6 Å². The zero-order valence-electron chi connectivity index (χ0n) is 67.7. The monoisotopic (exact) mass is 1850 g/mol. The second-order valence-corrected chi connectivity index (χ2v) is 29.4. The summed E-state index contributed by atoms with van der Waals surface area (Å²) in [6.07, 6.45) is 17.7. The first kappa shape index (κ1) is 94.0. The number of nitrogens with two attached hydrogens (primary N) is 2. The molecule has 2 saturated heterocycles. The van der Waals surface area contributed by atoms with Crippen molar-refractivity contribution in [1.82, 2.24) is 44.9 Å². The van der Waals surface area contributed by atoms with Crippen molar-refractivity contribution in [2.45, 2.75) is 109 Å². The second kappa shape index (κ2) is 47.9. The molecule has 9 aromatic rings. The van der Waals surface area contributed by atoms with Gasteiger partial charge in [0.25, 0.3) is 0 Å². The number of benzene rings is 7. The van der Waals surface area contributed by atoms with E-state index in [2.05, 4.69) is 73.2 Å². The number of ether oxygens (including phenoxy) is 7. The van der Waals surface area contributed by atoms with Crippen molar-refractivity contribution in [3.05, 3.63) is 259 Å². The Morgan fingerprint density at radius 2 is 0.851 bits per heavy atom. The van der Waals surface area contributed by atoms with E-state index in [1.165, 1.54) is 71.5 Å².